The molecule has 1 fully saturated rings. The minimum absolute atomic E-state index is 0.243. The van der Waals surface area contributed by atoms with Crippen LogP contribution in [0.25, 0.3) is 0 Å². The van der Waals surface area contributed by atoms with E-state index in [1.165, 1.54) is 6.07 Å². The summed E-state index contributed by atoms with van der Waals surface area (Å²) in [4.78, 5) is 18.5. The maximum Gasteiger partial charge on any atom is 0.416 e. The highest BCUT2D eigenvalue weighted by atomic mass is 19.4. The third kappa shape index (κ3) is 3.26. The second-order valence-electron chi connectivity index (χ2n) is 5.29. The number of benzene rings is 1. The number of nitrogens with two attached hydrogens (primary N) is 1. The highest BCUT2D eigenvalue weighted by Gasteiger charge is 2.31. The van der Waals surface area contributed by atoms with Crippen LogP contribution in [0.1, 0.15) is 16.2 Å². The summed E-state index contributed by atoms with van der Waals surface area (Å²) in [5.74, 6) is -0.839. The van der Waals surface area contributed by atoms with Crippen LogP contribution in [-0.2, 0) is 6.18 Å². The highest BCUT2D eigenvalue weighted by Crippen LogP contribution is 2.32. The lowest BCUT2D eigenvalue weighted by molar-refractivity contribution is -0.137. The number of carbonyl (C=O) groups is 1. The Labute approximate surface area is 134 Å². The second kappa shape index (κ2) is 6.02. The summed E-state index contributed by atoms with van der Waals surface area (Å²) in [7, 11) is 0. The number of hydrogen-bond donors (Lipinski definition) is 1. The van der Waals surface area contributed by atoms with Crippen molar-refractivity contribution in [1.29, 1.82) is 0 Å². The first-order chi connectivity index (χ1) is 11.3. The molecule has 24 heavy (non-hydrogen) atoms. The second-order valence-corrected chi connectivity index (χ2v) is 5.29. The molecule has 0 saturated carbocycles. The number of aromatic nitrogens is 2. The Kier molecular flexibility index (Phi) is 4.04. The van der Waals surface area contributed by atoms with Gasteiger partial charge in [-0.05, 0) is 23.4 Å². The van der Waals surface area contributed by atoms with Crippen molar-refractivity contribution >= 4 is 17.5 Å². The summed E-state index contributed by atoms with van der Waals surface area (Å²) >= 11 is 0. The molecular weight excluding hydrogens is 327 g/mol. The van der Waals surface area contributed by atoms with E-state index in [9.17, 15) is 18.0 Å². The van der Waals surface area contributed by atoms with Gasteiger partial charge in [0.05, 0.1) is 5.56 Å². The van der Waals surface area contributed by atoms with E-state index in [1.54, 1.807) is 11.0 Å². The Hall–Kier alpha value is -2.78. The van der Waals surface area contributed by atoms with Gasteiger partial charge in [0.25, 0.3) is 5.95 Å². The molecule has 128 valence electrons. The molecule has 3 rings (SSSR count). The van der Waals surface area contributed by atoms with Gasteiger partial charge in [-0.25, -0.2) is 0 Å². The predicted molar refractivity (Wildman–Crippen MR) is 78.7 cm³/mol. The van der Waals surface area contributed by atoms with Gasteiger partial charge in [-0.2, -0.15) is 18.2 Å². The van der Waals surface area contributed by atoms with Gasteiger partial charge in [0.2, 0.25) is 0 Å². The molecule has 10 heteroatoms. The van der Waals surface area contributed by atoms with Crippen LogP contribution >= 0.6 is 0 Å². The summed E-state index contributed by atoms with van der Waals surface area (Å²) < 4.78 is 43.1. The molecule has 0 unspecified atom stereocenters. The van der Waals surface area contributed by atoms with Gasteiger partial charge >= 0.3 is 18.0 Å². The molecule has 0 radical (unpaired) electrons. The summed E-state index contributed by atoms with van der Waals surface area (Å²) in [6.45, 7) is 1.94. The van der Waals surface area contributed by atoms with Gasteiger partial charge < -0.3 is 20.1 Å². The minimum Gasteiger partial charge on any atom is -0.368 e. The van der Waals surface area contributed by atoms with E-state index in [0.29, 0.717) is 31.9 Å². The van der Waals surface area contributed by atoms with Crippen molar-refractivity contribution < 1.29 is 22.5 Å². The van der Waals surface area contributed by atoms with E-state index < -0.39 is 17.6 Å². The van der Waals surface area contributed by atoms with Gasteiger partial charge in [0.15, 0.2) is 0 Å². The number of carbonyl (C=O) groups excluding carboxylic acids is 1. The van der Waals surface area contributed by atoms with Crippen LogP contribution in [-0.4, -0.2) is 42.2 Å². The van der Waals surface area contributed by atoms with Crippen LogP contribution in [0.4, 0.5) is 24.8 Å². The molecule has 7 nitrogen and oxygen atoms in total. The van der Waals surface area contributed by atoms with Crippen molar-refractivity contribution in [3.05, 3.63) is 35.7 Å². The third-order valence-corrected chi connectivity index (χ3v) is 3.73. The molecule has 1 amide bonds. The Bertz CT molecular complexity index is 738. The summed E-state index contributed by atoms with van der Waals surface area (Å²) in [6, 6.07) is 5.22. The summed E-state index contributed by atoms with van der Waals surface area (Å²) in [6.07, 6.45) is -4.37. The van der Waals surface area contributed by atoms with Crippen molar-refractivity contribution in [3.8, 4) is 0 Å². The Balaban J connectivity index is 1.67. The van der Waals surface area contributed by atoms with E-state index >= 15 is 0 Å². The lowest BCUT2D eigenvalue weighted by Crippen LogP contribution is -2.47. The molecule has 0 spiro atoms. The molecule has 2 aromatic rings. The molecule has 0 aliphatic carbocycles. The van der Waals surface area contributed by atoms with Crippen LogP contribution in [0.2, 0.25) is 0 Å². The van der Waals surface area contributed by atoms with Crippen molar-refractivity contribution in [2.45, 2.75) is 6.18 Å². The Morgan fingerprint density at radius 2 is 1.83 bits per heavy atom. The fourth-order valence-electron chi connectivity index (χ4n) is 2.49. The largest absolute Gasteiger partial charge is 0.416 e. The lowest BCUT2D eigenvalue weighted by Gasteiger charge is -2.35. The highest BCUT2D eigenvalue weighted by molar-refractivity contribution is 5.88. The van der Waals surface area contributed by atoms with E-state index in [-0.39, 0.29) is 11.8 Å². The minimum atomic E-state index is -4.37. The summed E-state index contributed by atoms with van der Waals surface area (Å²) in [5.41, 5.74) is 4.89. The van der Waals surface area contributed by atoms with Gasteiger partial charge in [-0.3, -0.25) is 4.79 Å². The topological polar surface area (TPSA) is 88.5 Å². The number of anilines is 2. The van der Waals surface area contributed by atoms with E-state index in [0.717, 1.165) is 12.1 Å². The molecule has 1 aliphatic heterocycles. The normalized spacial score (nSPS) is 15.6. The smallest absolute Gasteiger partial charge is 0.368 e. The molecular formula is C14H14F3N5O2. The van der Waals surface area contributed by atoms with Crippen LogP contribution in [0, 0.1) is 0 Å². The number of alkyl halides is 3. The number of rotatable bonds is 3. The maximum atomic E-state index is 12.8. The predicted octanol–water partition coefficient (Wildman–Crippen LogP) is 1.51. The SMILES string of the molecule is NC(=O)c1nc(N2CCN(c3cccc(C(F)(F)F)c3)CC2)no1. The molecule has 0 bridgehead atoms. The third-order valence-electron chi connectivity index (χ3n) is 3.73. The molecule has 2 N–H and O–H groups in total. The summed E-state index contributed by atoms with van der Waals surface area (Å²) in [5, 5.41) is 3.68. The number of amides is 1. The maximum absolute atomic E-state index is 12.8. The van der Waals surface area contributed by atoms with Gasteiger partial charge in [-0.15, -0.1) is 0 Å². The number of primary amides is 1. The lowest BCUT2D eigenvalue weighted by atomic mass is 10.1. The standard InChI is InChI=1S/C14H14F3N5O2/c15-14(16,17)9-2-1-3-10(8-9)21-4-6-22(7-5-21)13-19-12(11(18)23)24-20-13/h1-3,8H,4-7H2,(H2,18,23). The van der Waals surface area contributed by atoms with E-state index in [4.69, 9.17) is 10.3 Å². The average molecular weight is 341 g/mol. The first-order valence-electron chi connectivity index (χ1n) is 7.15. The quantitative estimate of drug-likeness (QED) is 0.910. The Morgan fingerprint density at radius 1 is 1.17 bits per heavy atom. The molecule has 1 aromatic heterocycles. The van der Waals surface area contributed by atoms with Crippen molar-refractivity contribution in [2.24, 2.45) is 5.73 Å². The molecule has 0 atom stereocenters. The zero-order chi connectivity index (χ0) is 17.3. The van der Waals surface area contributed by atoms with Gasteiger partial charge in [0, 0.05) is 31.9 Å². The monoisotopic (exact) mass is 341 g/mol. The number of hydrogen-bond acceptors (Lipinski definition) is 6. The number of piperazine rings is 1. The first-order valence-corrected chi connectivity index (χ1v) is 7.15. The van der Waals surface area contributed by atoms with Crippen molar-refractivity contribution in [1.82, 2.24) is 10.1 Å². The van der Waals surface area contributed by atoms with Crippen molar-refractivity contribution in [3.63, 3.8) is 0 Å². The van der Waals surface area contributed by atoms with Gasteiger partial charge in [0.1, 0.15) is 0 Å². The fraction of sp³-hybridized carbons (Fsp3) is 0.357. The van der Waals surface area contributed by atoms with E-state index in [2.05, 4.69) is 10.1 Å². The molecule has 1 saturated heterocycles. The van der Waals surface area contributed by atoms with Gasteiger partial charge in [-0.1, -0.05) is 6.07 Å². The Morgan fingerprint density at radius 3 is 2.42 bits per heavy atom. The zero-order valence-electron chi connectivity index (χ0n) is 12.5. The molecule has 1 aromatic carbocycles. The molecule has 2 heterocycles. The van der Waals surface area contributed by atoms with Crippen molar-refractivity contribution in [2.75, 3.05) is 36.0 Å². The van der Waals surface area contributed by atoms with Crippen LogP contribution in [0.5, 0.6) is 0 Å². The number of halogens is 3. The van der Waals surface area contributed by atoms with Crippen LogP contribution in [0.15, 0.2) is 28.8 Å². The average Bonchev–Trinajstić information content (AvgIpc) is 3.05. The zero-order valence-corrected chi connectivity index (χ0v) is 12.5. The van der Waals surface area contributed by atoms with E-state index in [1.807, 2.05) is 4.90 Å². The molecule has 1 aliphatic rings. The fourth-order valence-corrected chi connectivity index (χ4v) is 2.49. The number of nitrogens with zero attached hydrogens (tertiary/aromatic N) is 4. The first kappa shape index (κ1) is 16.1. The van der Waals surface area contributed by atoms with Crippen LogP contribution in [0.3, 0.4) is 0 Å². The van der Waals surface area contributed by atoms with Crippen LogP contribution < -0.4 is 15.5 Å².